The van der Waals surface area contributed by atoms with Crippen LogP contribution in [0.4, 0.5) is 0 Å². The highest BCUT2D eigenvalue weighted by Crippen LogP contribution is 2.32. The Hall–Kier alpha value is -3.13. The van der Waals surface area contributed by atoms with E-state index >= 15 is 0 Å². The first kappa shape index (κ1) is 19.8. The predicted molar refractivity (Wildman–Crippen MR) is 122 cm³/mol. The van der Waals surface area contributed by atoms with Crippen LogP contribution in [0.5, 0.6) is 5.75 Å². The van der Waals surface area contributed by atoms with Crippen LogP contribution in [0.15, 0.2) is 63.8 Å². The number of rotatable bonds is 4. The molecule has 6 nitrogen and oxygen atoms in total. The number of fused-ring (bicyclic) bond motifs is 1. The zero-order valence-electron chi connectivity index (χ0n) is 16.0. The Bertz CT molecular complexity index is 1540. The van der Waals surface area contributed by atoms with Gasteiger partial charge in [-0.05, 0) is 42.5 Å². The number of benzene rings is 2. The van der Waals surface area contributed by atoms with E-state index in [0.29, 0.717) is 48.2 Å². The van der Waals surface area contributed by atoms with Crippen molar-refractivity contribution < 1.29 is 9.15 Å². The topological polar surface area (TPSA) is 69.6 Å². The van der Waals surface area contributed by atoms with Gasteiger partial charge >= 0.3 is 0 Å². The van der Waals surface area contributed by atoms with E-state index in [4.69, 9.17) is 32.4 Å². The van der Waals surface area contributed by atoms with Gasteiger partial charge in [-0.3, -0.25) is 4.79 Å². The van der Waals surface area contributed by atoms with Crippen molar-refractivity contribution in [3.63, 3.8) is 0 Å². The van der Waals surface area contributed by atoms with Crippen LogP contribution in [0.2, 0.25) is 10.0 Å². The SMILES string of the molecule is COc1ccccc1-c1nc2s/c(=C\c3ccc(-c4cc(Cl)ccc4Cl)o3)c(=O)n2n1. The molecule has 0 fully saturated rings. The standard InChI is InChI=1S/C22H13Cl2N3O3S/c1-29-17-5-3-2-4-14(17)20-25-22-27(26-20)21(28)19(31-22)11-13-7-9-18(30-13)15-10-12(23)6-8-16(15)24/h2-11H,1H3/b19-11-. The van der Waals surface area contributed by atoms with Gasteiger partial charge in [0.1, 0.15) is 21.8 Å². The second-order valence-corrected chi connectivity index (χ2v) is 8.42. The molecule has 31 heavy (non-hydrogen) atoms. The predicted octanol–water partition coefficient (Wildman–Crippen LogP) is 4.94. The van der Waals surface area contributed by atoms with Gasteiger partial charge in [-0.25, -0.2) is 0 Å². The first-order chi connectivity index (χ1) is 15.0. The molecule has 0 N–H and O–H groups in total. The quantitative estimate of drug-likeness (QED) is 0.372. The molecule has 0 aliphatic rings. The van der Waals surface area contributed by atoms with Crippen LogP contribution in [-0.2, 0) is 0 Å². The number of hydrogen-bond donors (Lipinski definition) is 0. The summed E-state index contributed by atoms with van der Waals surface area (Å²) in [6.07, 6.45) is 1.66. The third kappa shape index (κ3) is 3.61. The maximum absolute atomic E-state index is 12.8. The number of thiazole rings is 1. The molecule has 154 valence electrons. The van der Waals surface area contributed by atoms with Crippen LogP contribution >= 0.6 is 34.5 Å². The van der Waals surface area contributed by atoms with Crippen molar-refractivity contribution in [2.75, 3.05) is 7.11 Å². The summed E-state index contributed by atoms with van der Waals surface area (Å²) in [5.41, 5.74) is 1.13. The van der Waals surface area contributed by atoms with Gasteiger partial charge in [-0.1, -0.05) is 46.7 Å². The summed E-state index contributed by atoms with van der Waals surface area (Å²) in [5.74, 6) is 2.15. The van der Waals surface area contributed by atoms with E-state index in [1.807, 2.05) is 24.3 Å². The highest BCUT2D eigenvalue weighted by atomic mass is 35.5. The van der Waals surface area contributed by atoms with Crippen molar-refractivity contribution >= 4 is 45.6 Å². The number of para-hydroxylation sites is 1. The molecule has 0 aliphatic carbocycles. The van der Waals surface area contributed by atoms with E-state index in [0.717, 1.165) is 5.56 Å². The second kappa shape index (κ2) is 7.85. The molecule has 0 atom stereocenters. The number of ether oxygens (including phenoxy) is 1. The Balaban J connectivity index is 1.54. The smallest absolute Gasteiger partial charge is 0.291 e. The van der Waals surface area contributed by atoms with Gasteiger partial charge in [0.25, 0.3) is 5.56 Å². The number of furan rings is 1. The molecule has 0 saturated heterocycles. The Labute approximate surface area is 189 Å². The highest BCUT2D eigenvalue weighted by molar-refractivity contribution is 7.15. The van der Waals surface area contributed by atoms with Crippen LogP contribution in [0, 0.1) is 0 Å². The molecule has 3 heterocycles. The largest absolute Gasteiger partial charge is 0.496 e. The normalized spacial score (nSPS) is 12.0. The average molecular weight is 470 g/mol. The number of hydrogen-bond acceptors (Lipinski definition) is 6. The monoisotopic (exact) mass is 469 g/mol. The molecule has 0 saturated carbocycles. The Morgan fingerprint density at radius 3 is 2.74 bits per heavy atom. The summed E-state index contributed by atoms with van der Waals surface area (Å²) >= 11 is 13.5. The lowest BCUT2D eigenvalue weighted by molar-refractivity contribution is 0.416. The van der Waals surface area contributed by atoms with Crippen molar-refractivity contribution in [2.45, 2.75) is 0 Å². The summed E-state index contributed by atoms with van der Waals surface area (Å²) in [4.78, 5) is 17.8. The maximum Gasteiger partial charge on any atom is 0.291 e. The van der Waals surface area contributed by atoms with E-state index in [1.54, 1.807) is 43.5 Å². The average Bonchev–Trinajstić information content (AvgIpc) is 3.47. The first-order valence-electron chi connectivity index (χ1n) is 9.13. The summed E-state index contributed by atoms with van der Waals surface area (Å²) in [6, 6.07) is 16.1. The van der Waals surface area contributed by atoms with Crippen molar-refractivity contribution in [2.24, 2.45) is 0 Å². The number of aromatic nitrogens is 3. The zero-order chi connectivity index (χ0) is 21.5. The molecular weight excluding hydrogens is 457 g/mol. The van der Waals surface area contributed by atoms with Gasteiger partial charge in [0, 0.05) is 16.7 Å². The molecule has 5 rings (SSSR count). The Morgan fingerprint density at radius 2 is 1.94 bits per heavy atom. The molecule has 0 spiro atoms. The maximum atomic E-state index is 12.8. The zero-order valence-corrected chi connectivity index (χ0v) is 18.3. The van der Waals surface area contributed by atoms with Crippen LogP contribution < -0.4 is 14.8 Å². The lowest BCUT2D eigenvalue weighted by Gasteiger charge is -2.03. The minimum absolute atomic E-state index is 0.271. The lowest BCUT2D eigenvalue weighted by Crippen LogP contribution is -2.23. The van der Waals surface area contributed by atoms with E-state index in [9.17, 15) is 4.79 Å². The van der Waals surface area contributed by atoms with Gasteiger partial charge in [0.05, 0.1) is 17.7 Å². The van der Waals surface area contributed by atoms with Crippen molar-refractivity contribution in [3.05, 3.63) is 85.3 Å². The summed E-state index contributed by atoms with van der Waals surface area (Å²) in [6.45, 7) is 0. The summed E-state index contributed by atoms with van der Waals surface area (Å²) < 4.78 is 13.0. The fourth-order valence-corrected chi connectivity index (χ4v) is 4.44. The molecule has 0 aliphatic heterocycles. The molecule has 2 aromatic carbocycles. The fraction of sp³-hybridized carbons (Fsp3) is 0.0455. The fourth-order valence-electron chi connectivity index (χ4n) is 3.17. The third-order valence-corrected chi connectivity index (χ3v) is 6.15. The minimum atomic E-state index is -0.271. The first-order valence-corrected chi connectivity index (χ1v) is 10.7. The lowest BCUT2D eigenvalue weighted by atomic mass is 10.2. The molecule has 0 radical (unpaired) electrons. The Morgan fingerprint density at radius 1 is 1.10 bits per heavy atom. The number of halogens is 2. The van der Waals surface area contributed by atoms with Crippen LogP contribution in [-0.4, -0.2) is 21.7 Å². The van der Waals surface area contributed by atoms with Gasteiger partial charge < -0.3 is 9.15 Å². The summed E-state index contributed by atoms with van der Waals surface area (Å²) in [5, 5.41) is 5.45. The Kier molecular flexibility index (Phi) is 5.02. The van der Waals surface area contributed by atoms with Gasteiger partial charge in [-0.2, -0.15) is 9.50 Å². The van der Waals surface area contributed by atoms with Crippen LogP contribution in [0.25, 0.3) is 33.7 Å². The van der Waals surface area contributed by atoms with Crippen LogP contribution in [0.3, 0.4) is 0 Å². The minimum Gasteiger partial charge on any atom is -0.496 e. The summed E-state index contributed by atoms with van der Waals surface area (Å²) in [7, 11) is 1.58. The van der Waals surface area contributed by atoms with Gasteiger partial charge in [0.15, 0.2) is 5.82 Å². The third-order valence-electron chi connectivity index (χ3n) is 4.62. The molecule has 0 unspecified atom stereocenters. The highest BCUT2D eigenvalue weighted by Gasteiger charge is 2.15. The molecule has 0 amide bonds. The van der Waals surface area contributed by atoms with Crippen LogP contribution in [0.1, 0.15) is 5.76 Å². The molecular formula is C22H13Cl2N3O3S. The van der Waals surface area contributed by atoms with E-state index in [2.05, 4.69) is 10.1 Å². The molecule has 0 bridgehead atoms. The molecule has 5 aromatic rings. The van der Waals surface area contributed by atoms with Crippen molar-refractivity contribution in [1.82, 2.24) is 14.6 Å². The van der Waals surface area contributed by atoms with Crippen molar-refractivity contribution in [3.8, 4) is 28.5 Å². The van der Waals surface area contributed by atoms with E-state index in [-0.39, 0.29) is 5.56 Å². The molecule has 9 heteroatoms. The van der Waals surface area contributed by atoms with Gasteiger partial charge in [-0.15, -0.1) is 5.10 Å². The number of nitrogens with zero attached hydrogens (tertiary/aromatic N) is 3. The van der Waals surface area contributed by atoms with Gasteiger partial charge in [0.2, 0.25) is 4.96 Å². The molecule has 3 aromatic heterocycles. The number of methoxy groups -OCH3 is 1. The van der Waals surface area contributed by atoms with E-state index < -0.39 is 0 Å². The van der Waals surface area contributed by atoms with Crippen molar-refractivity contribution in [1.29, 1.82) is 0 Å². The van der Waals surface area contributed by atoms with E-state index in [1.165, 1.54) is 15.9 Å². The second-order valence-electron chi connectivity index (χ2n) is 6.57.